The predicted molar refractivity (Wildman–Crippen MR) is 87.1 cm³/mol. The summed E-state index contributed by atoms with van der Waals surface area (Å²) in [6.07, 6.45) is -2.20. The molecule has 0 radical (unpaired) electrons. The molecule has 0 spiro atoms. The fraction of sp³-hybridized carbons (Fsp3) is 0.400. The molecule has 11 heteroatoms. The molecule has 0 N–H and O–H groups in total. The normalized spacial score (nSPS) is 15.2. The summed E-state index contributed by atoms with van der Waals surface area (Å²) < 4.78 is 38.3. The van der Waals surface area contributed by atoms with Crippen molar-refractivity contribution in [3.05, 3.63) is 45.9 Å². The Balaban J connectivity index is 1.70. The Hall–Kier alpha value is -2.98. The van der Waals surface area contributed by atoms with Crippen LogP contribution in [-0.2, 0) is 6.18 Å². The van der Waals surface area contributed by atoms with E-state index in [-0.39, 0.29) is 11.6 Å². The number of piperazine rings is 1. The number of hydrogen-bond donors (Lipinski definition) is 0. The van der Waals surface area contributed by atoms with Crippen LogP contribution in [0.2, 0.25) is 0 Å². The minimum Gasteiger partial charge on any atom is -0.353 e. The van der Waals surface area contributed by atoms with Gasteiger partial charge in [0.2, 0.25) is 5.95 Å². The number of alkyl halides is 3. The lowest BCUT2D eigenvalue weighted by Crippen LogP contribution is -2.47. The van der Waals surface area contributed by atoms with Gasteiger partial charge in [-0.25, -0.2) is 15.0 Å². The van der Waals surface area contributed by atoms with E-state index >= 15 is 0 Å². The monoisotopic (exact) mass is 368 g/mol. The molecular weight excluding hydrogens is 353 g/mol. The second kappa shape index (κ2) is 6.73. The highest BCUT2D eigenvalue weighted by molar-refractivity contribution is 5.50. The molecule has 0 aliphatic carbocycles. The van der Waals surface area contributed by atoms with E-state index in [0.29, 0.717) is 37.6 Å². The van der Waals surface area contributed by atoms with Crippen LogP contribution < -0.4 is 9.80 Å². The Morgan fingerprint density at radius 1 is 1.15 bits per heavy atom. The average molecular weight is 368 g/mol. The van der Waals surface area contributed by atoms with E-state index in [1.807, 2.05) is 4.90 Å². The molecule has 1 aliphatic heterocycles. The second-order valence-corrected chi connectivity index (χ2v) is 5.80. The van der Waals surface area contributed by atoms with Crippen molar-refractivity contribution < 1.29 is 18.1 Å². The van der Waals surface area contributed by atoms with Crippen molar-refractivity contribution in [3.63, 3.8) is 0 Å². The van der Waals surface area contributed by atoms with Crippen molar-refractivity contribution in [3.8, 4) is 0 Å². The lowest BCUT2D eigenvalue weighted by molar-refractivity contribution is -0.385. The van der Waals surface area contributed by atoms with E-state index in [1.165, 1.54) is 6.20 Å². The topological polar surface area (TPSA) is 88.3 Å². The first kappa shape index (κ1) is 17.8. The zero-order chi connectivity index (χ0) is 18.9. The number of hydrogen-bond acceptors (Lipinski definition) is 7. The van der Waals surface area contributed by atoms with Gasteiger partial charge in [0.15, 0.2) is 0 Å². The Morgan fingerprint density at radius 2 is 1.81 bits per heavy atom. The largest absolute Gasteiger partial charge is 0.433 e. The molecule has 26 heavy (non-hydrogen) atoms. The minimum atomic E-state index is -4.51. The summed E-state index contributed by atoms with van der Waals surface area (Å²) in [6, 6.07) is 2.47. The van der Waals surface area contributed by atoms with Crippen LogP contribution in [0, 0.1) is 17.0 Å². The summed E-state index contributed by atoms with van der Waals surface area (Å²) in [7, 11) is 0. The summed E-state index contributed by atoms with van der Waals surface area (Å²) in [6.45, 7) is 3.45. The lowest BCUT2D eigenvalue weighted by Gasteiger charge is -2.35. The highest BCUT2D eigenvalue weighted by Crippen LogP contribution is 2.28. The van der Waals surface area contributed by atoms with Crippen LogP contribution in [0.15, 0.2) is 24.5 Å². The van der Waals surface area contributed by atoms with Gasteiger partial charge < -0.3 is 9.80 Å². The van der Waals surface area contributed by atoms with Crippen molar-refractivity contribution in [1.29, 1.82) is 0 Å². The summed E-state index contributed by atoms with van der Waals surface area (Å²) in [4.78, 5) is 25.6. The van der Waals surface area contributed by atoms with Crippen molar-refractivity contribution >= 4 is 17.5 Å². The molecule has 8 nitrogen and oxygen atoms in total. The first-order valence-electron chi connectivity index (χ1n) is 7.77. The number of halogens is 3. The molecule has 0 amide bonds. The highest BCUT2D eigenvalue weighted by atomic mass is 19.4. The molecule has 1 aliphatic rings. The van der Waals surface area contributed by atoms with Gasteiger partial charge >= 0.3 is 6.18 Å². The zero-order valence-electron chi connectivity index (χ0n) is 13.8. The van der Waals surface area contributed by atoms with Gasteiger partial charge in [-0.05, 0) is 19.1 Å². The summed E-state index contributed by atoms with van der Waals surface area (Å²) in [5.41, 5.74) is -0.522. The smallest absolute Gasteiger partial charge is 0.353 e. The summed E-state index contributed by atoms with van der Waals surface area (Å²) >= 11 is 0. The number of aromatic nitrogens is 3. The van der Waals surface area contributed by atoms with Crippen molar-refractivity contribution in [2.45, 2.75) is 13.1 Å². The number of pyridine rings is 1. The van der Waals surface area contributed by atoms with Gasteiger partial charge in [-0.15, -0.1) is 0 Å². The van der Waals surface area contributed by atoms with Crippen LogP contribution in [-0.4, -0.2) is 46.1 Å². The summed E-state index contributed by atoms with van der Waals surface area (Å²) in [5, 5.41) is 10.9. The maximum absolute atomic E-state index is 12.8. The Morgan fingerprint density at radius 3 is 2.38 bits per heavy atom. The highest BCUT2D eigenvalue weighted by Gasteiger charge is 2.33. The fourth-order valence-electron chi connectivity index (χ4n) is 2.69. The maximum atomic E-state index is 12.8. The van der Waals surface area contributed by atoms with E-state index in [4.69, 9.17) is 0 Å². The SMILES string of the molecule is Cc1cc(N2CCN(c3nccc(C(F)(F)F)n3)CC2)ncc1[N+](=O)[O-]. The van der Waals surface area contributed by atoms with Gasteiger partial charge in [0, 0.05) is 37.9 Å². The first-order chi connectivity index (χ1) is 12.3. The molecule has 0 bridgehead atoms. The average Bonchev–Trinajstić information content (AvgIpc) is 2.61. The van der Waals surface area contributed by atoms with Crippen LogP contribution in [0.5, 0.6) is 0 Å². The zero-order valence-corrected chi connectivity index (χ0v) is 13.8. The fourth-order valence-corrected chi connectivity index (χ4v) is 2.69. The van der Waals surface area contributed by atoms with Gasteiger partial charge in [-0.1, -0.05) is 0 Å². The van der Waals surface area contributed by atoms with Crippen molar-refractivity contribution in [1.82, 2.24) is 15.0 Å². The number of rotatable bonds is 3. The van der Waals surface area contributed by atoms with Gasteiger partial charge in [-0.3, -0.25) is 10.1 Å². The molecule has 3 heterocycles. The Bertz CT molecular complexity index is 821. The van der Waals surface area contributed by atoms with Gasteiger partial charge in [0.25, 0.3) is 5.69 Å². The third-order valence-corrected chi connectivity index (χ3v) is 4.09. The van der Waals surface area contributed by atoms with Crippen LogP contribution in [0.3, 0.4) is 0 Å². The molecule has 0 atom stereocenters. The molecule has 1 fully saturated rings. The van der Waals surface area contributed by atoms with E-state index in [1.54, 1.807) is 17.9 Å². The molecule has 138 valence electrons. The minimum absolute atomic E-state index is 0.0346. The second-order valence-electron chi connectivity index (χ2n) is 5.80. The molecule has 2 aromatic heterocycles. The summed E-state index contributed by atoms with van der Waals surface area (Å²) in [5.74, 6) is 0.630. The molecule has 3 rings (SSSR count). The molecule has 0 aromatic carbocycles. The quantitative estimate of drug-likeness (QED) is 0.607. The molecule has 2 aromatic rings. The van der Waals surface area contributed by atoms with E-state index in [9.17, 15) is 23.3 Å². The van der Waals surface area contributed by atoms with Crippen LogP contribution in [0.4, 0.5) is 30.6 Å². The number of anilines is 2. The van der Waals surface area contributed by atoms with Gasteiger partial charge in [-0.2, -0.15) is 13.2 Å². The third-order valence-electron chi connectivity index (χ3n) is 4.09. The van der Waals surface area contributed by atoms with Crippen LogP contribution in [0.25, 0.3) is 0 Å². The number of aryl methyl sites for hydroxylation is 1. The van der Waals surface area contributed by atoms with Crippen LogP contribution in [0.1, 0.15) is 11.3 Å². The van der Waals surface area contributed by atoms with E-state index in [2.05, 4.69) is 15.0 Å². The first-order valence-corrected chi connectivity index (χ1v) is 7.77. The molecule has 1 saturated heterocycles. The van der Waals surface area contributed by atoms with E-state index < -0.39 is 16.8 Å². The van der Waals surface area contributed by atoms with Crippen LogP contribution >= 0.6 is 0 Å². The Labute approximate surface area is 146 Å². The Kier molecular flexibility index (Phi) is 4.62. The number of nitro groups is 1. The molecule has 0 saturated carbocycles. The van der Waals surface area contributed by atoms with Crippen molar-refractivity contribution in [2.75, 3.05) is 36.0 Å². The number of nitrogens with zero attached hydrogens (tertiary/aromatic N) is 6. The van der Waals surface area contributed by atoms with Gasteiger partial charge in [0.1, 0.15) is 17.7 Å². The maximum Gasteiger partial charge on any atom is 0.433 e. The van der Waals surface area contributed by atoms with E-state index in [0.717, 1.165) is 12.3 Å². The van der Waals surface area contributed by atoms with Gasteiger partial charge in [0.05, 0.1) is 4.92 Å². The standard InChI is InChI=1S/C15H15F3N6O2/c1-10-8-13(20-9-11(10)24(25)26)22-4-6-23(7-5-22)14-19-3-2-12(21-14)15(16,17)18/h2-3,8-9H,4-7H2,1H3. The molecular formula is C15H15F3N6O2. The predicted octanol–water partition coefficient (Wildman–Crippen LogP) is 2.43. The van der Waals surface area contributed by atoms with Crippen molar-refractivity contribution in [2.24, 2.45) is 0 Å². The third kappa shape index (κ3) is 3.65. The molecule has 0 unspecified atom stereocenters. The lowest BCUT2D eigenvalue weighted by atomic mass is 10.2.